The summed E-state index contributed by atoms with van der Waals surface area (Å²) < 4.78 is 37.9. The Morgan fingerprint density at radius 1 is 1.15 bits per heavy atom. The standard InChI is InChI=1S/C15H17N5O5S/c1-23-10-5-4-9(6-11(10)24-2)7-16-13-12-14(18-8-17-12)20-15(19-13)25-26(3,21)22/h4-6,8H,7H2,1-3H3,(H2,16,17,18,19,20). The quantitative estimate of drug-likeness (QED) is 0.584. The lowest BCUT2D eigenvalue weighted by Gasteiger charge is -2.11. The second-order valence-corrected chi connectivity index (χ2v) is 6.86. The largest absolute Gasteiger partial charge is 0.493 e. The zero-order valence-corrected chi connectivity index (χ0v) is 15.1. The zero-order valence-electron chi connectivity index (χ0n) is 14.3. The van der Waals surface area contributed by atoms with E-state index in [1.807, 2.05) is 12.1 Å². The van der Waals surface area contributed by atoms with Crippen LogP contribution in [0.5, 0.6) is 17.5 Å². The van der Waals surface area contributed by atoms with Gasteiger partial charge in [-0.15, -0.1) is 0 Å². The summed E-state index contributed by atoms with van der Waals surface area (Å²) in [6, 6.07) is 5.18. The third-order valence-electron chi connectivity index (χ3n) is 3.40. The highest BCUT2D eigenvalue weighted by atomic mass is 32.2. The summed E-state index contributed by atoms with van der Waals surface area (Å²) in [5.74, 6) is 1.58. The SMILES string of the molecule is COc1ccc(CNc2nc(OS(C)(=O)=O)nc3nc[nH]c23)cc1OC. The Kier molecular flexibility index (Phi) is 4.80. The number of nitrogens with zero attached hydrogens (tertiary/aromatic N) is 3. The van der Waals surface area contributed by atoms with Crippen LogP contribution in [0.15, 0.2) is 24.5 Å². The fourth-order valence-corrected chi connectivity index (χ4v) is 2.64. The normalized spacial score (nSPS) is 11.3. The average Bonchev–Trinajstić information content (AvgIpc) is 3.06. The first-order chi connectivity index (χ1) is 12.4. The minimum absolute atomic E-state index is 0.286. The van der Waals surface area contributed by atoms with Crippen molar-refractivity contribution in [1.82, 2.24) is 19.9 Å². The van der Waals surface area contributed by atoms with Crippen molar-refractivity contribution in [2.45, 2.75) is 6.54 Å². The van der Waals surface area contributed by atoms with Gasteiger partial charge in [-0.3, -0.25) is 0 Å². The predicted octanol–water partition coefficient (Wildman–Crippen LogP) is 1.32. The van der Waals surface area contributed by atoms with E-state index in [-0.39, 0.29) is 11.7 Å². The van der Waals surface area contributed by atoms with Gasteiger partial charge in [0.15, 0.2) is 23.0 Å². The van der Waals surface area contributed by atoms with Crippen molar-refractivity contribution in [1.29, 1.82) is 0 Å². The maximum absolute atomic E-state index is 11.3. The molecule has 2 aromatic heterocycles. The van der Waals surface area contributed by atoms with Crippen LogP contribution >= 0.6 is 0 Å². The van der Waals surface area contributed by atoms with Crippen LogP contribution in [0.4, 0.5) is 5.82 Å². The van der Waals surface area contributed by atoms with E-state index in [0.29, 0.717) is 29.4 Å². The minimum atomic E-state index is -3.75. The molecule has 2 N–H and O–H groups in total. The Morgan fingerprint density at radius 2 is 1.92 bits per heavy atom. The first kappa shape index (κ1) is 17.7. The summed E-state index contributed by atoms with van der Waals surface area (Å²) in [5, 5.41) is 3.11. The van der Waals surface area contributed by atoms with Crippen LogP contribution in [0.2, 0.25) is 0 Å². The average molecular weight is 379 g/mol. The number of methoxy groups -OCH3 is 2. The Bertz CT molecular complexity index is 1030. The molecule has 138 valence electrons. The lowest BCUT2D eigenvalue weighted by molar-refractivity contribution is 0.354. The third kappa shape index (κ3) is 3.94. The van der Waals surface area contributed by atoms with Crippen LogP contribution in [0, 0.1) is 0 Å². The highest BCUT2D eigenvalue weighted by molar-refractivity contribution is 7.86. The predicted molar refractivity (Wildman–Crippen MR) is 94.0 cm³/mol. The van der Waals surface area contributed by atoms with E-state index in [9.17, 15) is 8.42 Å². The van der Waals surface area contributed by atoms with Crippen molar-refractivity contribution in [2.24, 2.45) is 0 Å². The van der Waals surface area contributed by atoms with Gasteiger partial charge in [-0.05, 0) is 17.7 Å². The molecule has 0 amide bonds. The Morgan fingerprint density at radius 3 is 2.62 bits per heavy atom. The molecular formula is C15H17N5O5S. The number of hydrogen-bond donors (Lipinski definition) is 2. The number of hydrogen-bond acceptors (Lipinski definition) is 9. The van der Waals surface area contributed by atoms with Crippen molar-refractivity contribution in [3.8, 4) is 17.5 Å². The van der Waals surface area contributed by atoms with Crippen molar-refractivity contribution >= 4 is 27.1 Å². The molecule has 0 atom stereocenters. The van der Waals surface area contributed by atoms with Crippen LogP contribution in [-0.4, -0.2) is 48.8 Å². The molecule has 0 fully saturated rings. The van der Waals surface area contributed by atoms with Crippen LogP contribution in [0.1, 0.15) is 5.56 Å². The second-order valence-electron chi connectivity index (χ2n) is 5.29. The van der Waals surface area contributed by atoms with E-state index in [4.69, 9.17) is 13.7 Å². The Hall–Kier alpha value is -3.08. The first-order valence-corrected chi connectivity index (χ1v) is 9.26. The lowest BCUT2D eigenvalue weighted by Crippen LogP contribution is -2.10. The van der Waals surface area contributed by atoms with Crippen molar-refractivity contribution in [2.75, 3.05) is 25.8 Å². The van der Waals surface area contributed by atoms with E-state index in [1.165, 1.54) is 6.33 Å². The first-order valence-electron chi connectivity index (χ1n) is 7.45. The molecule has 26 heavy (non-hydrogen) atoms. The number of anilines is 1. The molecule has 0 unspecified atom stereocenters. The topological polar surface area (TPSA) is 128 Å². The van der Waals surface area contributed by atoms with Crippen LogP contribution < -0.4 is 19.0 Å². The fourth-order valence-electron chi connectivity index (χ4n) is 2.29. The van der Waals surface area contributed by atoms with Gasteiger partial charge in [0.25, 0.3) is 0 Å². The number of benzene rings is 1. The molecule has 0 saturated carbocycles. The van der Waals surface area contributed by atoms with Gasteiger partial charge >= 0.3 is 16.1 Å². The van der Waals surface area contributed by atoms with Crippen LogP contribution in [0.25, 0.3) is 11.2 Å². The lowest BCUT2D eigenvalue weighted by atomic mass is 10.2. The van der Waals surface area contributed by atoms with E-state index in [0.717, 1.165) is 11.8 Å². The van der Waals surface area contributed by atoms with Gasteiger partial charge in [-0.2, -0.15) is 18.4 Å². The molecule has 3 rings (SSSR count). The number of aromatic amines is 1. The number of nitrogens with one attached hydrogen (secondary N) is 2. The molecule has 0 aliphatic carbocycles. The number of rotatable bonds is 7. The van der Waals surface area contributed by atoms with Crippen molar-refractivity contribution in [3.63, 3.8) is 0 Å². The smallest absolute Gasteiger partial charge is 0.337 e. The molecule has 0 radical (unpaired) electrons. The number of imidazole rings is 1. The van der Waals surface area contributed by atoms with Gasteiger partial charge in [0, 0.05) is 6.54 Å². The molecule has 10 nitrogen and oxygen atoms in total. The van der Waals surface area contributed by atoms with Crippen molar-refractivity contribution < 1.29 is 22.1 Å². The van der Waals surface area contributed by atoms with E-state index in [1.54, 1.807) is 20.3 Å². The van der Waals surface area contributed by atoms with Gasteiger partial charge in [-0.1, -0.05) is 6.07 Å². The Labute approximate surface area is 149 Å². The molecule has 0 bridgehead atoms. The summed E-state index contributed by atoms with van der Waals surface area (Å²) in [7, 11) is -0.628. The van der Waals surface area contributed by atoms with Gasteiger partial charge in [0.2, 0.25) is 0 Å². The molecule has 11 heteroatoms. The monoisotopic (exact) mass is 379 g/mol. The molecule has 1 aromatic carbocycles. The molecule has 0 aliphatic heterocycles. The molecule has 0 spiro atoms. The summed E-state index contributed by atoms with van der Waals surface area (Å²) in [6.45, 7) is 0.393. The summed E-state index contributed by atoms with van der Waals surface area (Å²) in [4.78, 5) is 15.0. The maximum Gasteiger partial charge on any atom is 0.337 e. The Balaban J connectivity index is 1.87. The number of aromatic nitrogens is 4. The highest BCUT2D eigenvalue weighted by Crippen LogP contribution is 2.28. The molecule has 3 aromatic rings. The maximum atomic E-state index is 11.3. The fraction of sp³-hybridized carbons (Fsp3) is 0.267. The van der Waals surface area contributed by atoms with E-state index >= 15 is 0 Å². The molecule has 0 aliphatic rings. The molecular weight excluding hydrogens is 362 g/mol. The zero-order chi connectivity index (χ0) is 18.7. The van der Waals surface area contributed by atoms with Crippen LogP contribution in [0.3, 0.4) is 0 Å². The van der Waals surface area contributed by atoms with Gasteiger partial charge in [0.1, 0.15) is 5.52 Å². The third-order valence-corrected chi connectivity index (χ3v) is 3.85. The van der Waals surface area contributed by atoms with Crippen LogP contribution in [-0.2, 0) is 16.7 Å². The summed E-state index contributed by atoms with van der Waals surface area (Å²) in [6.07, 6.45) is 2.35. The van der Waals surface area contributed by atoms with E-state index in [2.05, 4.69) is 25.3 Å². The minimum Gasteiger partial charge on any atom is -0.493 e. The van der Waals surface area contributed by atoms with E-state index < -0.39 is 10.1 Å². The highest BCUT2D eigenvalue weighted by Gasteiger charge is 2.14. The van der Waals surface area contributed by atoms with Crippen molar-refractivity contribution in [3.05, 3.63) is 30.1 Å². The number of H-pyrrole nitrogens is 1. The molecule has 0 saturated heterocycles. The second kappa shape index (κ2) is 7.04. The number of ether oxygens (including phenoxy) is 2. The van der Waals surface area contributed by atoms with Gasteiger partial charge < -0.3 is 24.0 Å². The summed E-state index contributed by atoms with van der Waals surface area (Å²) >= 11 is 0. The molecule has 2 heterocycles. The number of fused-ring (bicyclic) bond motifs is 1. The summed E-state index contributed by atoms with van der Waals surface area (Å²) in [5.41, 5.74) is 1.72. The van der Waals surface area contributed by atoms with Gasteiger partial charge in [0.05, 0.1) is 26.8 Å². The van der Waals surface area contributed by atoms with Gasteiger partial charge in [-0.25, -0.2) is 4.98 Å².